The van der Waals surface area contributed by atoms with Gasteiger partial charge in [0.25, 0.3) is 0 Å². The molecule has 3 aliphatic rings. The topological polar surface area (TPSA) is 124 Å². The Balaban J connectivity index is 1.81. The number of phenols is 2. The summed E-state index contributed by atoms with van der Waals surface area (Å²) in [6.07, 6.45) is -1.55. The summed E-state index contributed by atoms with van der Waals surface area (Å²) in [6, 6.07) is 7.15. The number of carbonyl (C=O) groups is 3. The van der Waals surface area contributed by atoms with E-state index in [4.69, 9.17) is 4.74 Å². The lowest BCUT2D eigenvalue weighted by Gasteiger charge is -2.24. The molecular formula is C20H12O7. The van der Waals surface area contributed by atoms with E-state index in [0.717, 1.165) is 6.08 Å². The van der Waals surface area contributed by atoms with Gasteiger partial charge in [0.1, 0.15) is 23.7 Å². The highest BCUT2D eigenvalue weighted by molar-refractivity contribution is 6.51. The lowest BCUT2D eigenvalue weighted by atomic mass is 9.78. The third-order valence-electron chi connectivity index (χ3n) is 5.21. The Hall–Kier alpha value is -3.29. The van der Waals surface area contributed by atoms with Crippen LogP contribution in [0.4, 0.5) is 0 Å². The molecule has 0 unspecified atom stereocenters. The fraction of sp³-hybridized carbons (Fsp3) is 0.150. The summed E-state index contributed by atoms with van der Waals surface area (Å²) in [5.74, 6) is -2.65. The zero-order chi connectivity index (χ0) is 19.0. The highest BCUT2D eigenvalue weighted by atomic mass is 16.6. The van der Waals surface area contributed by atoms with E-state index in [2.05, 4.69) is 0 Å². The minimum absolute atomic E-state index is 0.0446. The van der Waals surface area contributed by atoms with E-state index in [1.807, 2.05) is 0 Å². The van der Waals surface area contributed by atoms with Crippen LogP contribution in [0, 0.1) is 0 Å². The SMILES string of the molecule is O=C1C=C(c2ccc(O)c3c2C(=O)[C@@H]2O[C@H]2[C@H]3O)c2cccc(O)c2C1=O. The number of Topliss-reactive ketones (excluding diaryl/α,β-unsaturated/α-hetero) is 2. The highest BCUT2D eigenvalue weighted by Crippen LogP contribution is 2.49. The average Bonchev–Trinajstić information content (AvgIpc) is 3.44. The standard InChI is InChI=1S/C20H12O7/c21-10-3-1-2-7-9(6-12(23)16(24)13(7)10)8-4-5-11(22)15-14(8)17(25)19-20(27-19)18(15)26/h1-6,18-22,26H/t18-,19-,20-/m0/s1. The molecule has 0 aromatic heterocycles. The van der Waals surface area contributed by atoms with Gasteiger partial charge in [-0.25, -0.2) is 0 Å². The molecule has 5 rings (SSSR count). The van der Waals surface area contributed by atoms with Crippen LogP contribution in [-0.2, 0) is 9.53 Å². The summed E-state index contributed by atoms with van der Waals surface area (Å²) in [6.45, 7) is 0. The van der Waals surface area contributed by atoms with Crippen molar-refractivity contribution in [3.8, 4) is 11.5 Å². The molecule has 0 spiro atoms. The van der Waals surface area contributed by atoms with E-state index < -0.39 is 35.7 Å². The predicted molar refractivity (Wildman–Crippen MR) is 90.6 cm³/mol. The Morgan fingerprint density at radius 3 is 2.41 bits per heavy atom. The molecule has 7 nitrogen and oxygen atoms in total. The molecule has 1 saturated heterocycles. The first-order chi connectivity index (χ1) is 12.9. The summed E-state index contributed by atoms with van der Waals surface area (Å²) in [5.41, 5.74) is 0.821. The van der Waals surface area contributed by atoms with Crippen molar-refractivity contribution < 1.29 is 34.4 Å². The fourth-order valence-corrected chi connectivity index (χ4v) is 3.90. The van der Waals surface area contributed by atoms with Gasteiger partial charge in [-0.05, 0) is 41.0 Å². The second-order valence-corrected chi connectivity index (χ2v) is 6.70. The first kappa shape index (κ1) is 15.9. The smallest absolute Gasteiger partial charge is 0.237 e. The Labute approximate surface area is 152 Å². The van der Waals surface area contributed by atoms with Crippen molar-refractivity contribution in [2.45, 2.75) is 18.3 Å². The molecule has 1 aliphatic heterocycles. The molecular weight excluding hydrogens is 352 g/mol. The maximum absolute atomic E-state index is 12.8. The van der Waals surface area contributed by atoms with Crippen molar-refractivity contribution in [3.63, 3.8) is 0 Å². The van der Waals surface area contributed by atoms with Crippen molar-refractivity contribution in [1.82, 2.24) is 0 Å². The van der Waals surface area contributed by atoms with Crippen LogP contribution in [0.25, 0.3) is 5.57 Å². The van der Waals surface area contributed by atoms with Crippen LogP contribution < -0.4 is 0 Å². The molecule has 27 heavy (non-hydrogen) atoms. The third-order valence-corrected chi connectivity index (χ3v) is 5.21. The van der Waals surface area contributed by atoms with Gasteiger partial charge < -0.3 is 20.1 Å². The number of aromatic hydroxyl groups is 2. The van der Waals surface area contributed by atoms with E-state index in [9.17, 15) is 29.7 Å². The molecule has 2 aromatic carbocycles. The number of ether oxygens (including phenoxy) is 1. The number of aliphatic hydroxyl groups excluding tert-OH is 1. The van der Waals surface area contributed by atoms with E-state index in [1.165, 1.54) is 24.3 Å². The third kappa shape index (κ3) is 2.00. The van der Waals surface area contributed by atoms with Gasteiger partial charge in [-0.2, -0.15) is 0 Å². The van der Waals surface area contributed by atoms with Crippen LogP contribution in [-0.4, -0.2) is 44.9 Å². The summed E-state index contributed by atoms with van der Waals surface area (Å²) in [5, 5.41) is 30.7. The normalized spacial score (nSPS) is 25.4. The number of allylic oxidation sites excluding steroid dienone is 1. The minimum atomic E-state index is -1.17. The first-order valence-corrected chi connectivity index (χ1v) is 8.27. The van der Waals surface area contributed by atoms with E-state index >= 15 is 0 Å². The van der Waals surface area contributed by atoms with Crippen LogP contribution in [0.3, 0.4) is 0 Å². The monoisotopic (exact) mass is 364 g/mol. The molecule has 2 aromatic rings. The van der Waals surface area contributed by atoms with Gasteiger partial charge in [0.2, 0.25) is 11.6 Å². The van der Waals surface area contributed by atoms with E-state index in [1.54, 1.807) is 6.07 Å². The number of benzene rings is 2. The molecule has 0 saturated carbocycles. The average molecular weight is 364 g/mol. The van der Waals surface area contributed by atoms with Crippen molar-refractivity contribution >= 4 is 22.9 Å². The molecule has 1 fully saturated rings. The van der Waals surface area contributed by atoms with Crippen LogP contribution in [0.1, 0.15) is 43.5 Å². The Morgan fingerprint density at radius 2 is 1.63 bits per heavy atom. The molecule has 134 valence electrons. The number of aliphatic hydroxyl groups is 1. The van der Waals surface area contributed by atoms with Gasteiger partial charge >= 0.3 is 0 Å². The summed E-state index contributed by atoms with van der Waals surface area (Å²) >= 11 is 0. The minimum Gasteiger partial charge on any atom is -0.508 e. The van der Waals surface area contributed by atoms with Crippen molar-refractivity contribution in [2.24, 2.45) is 0 Å². The molecule has 0 amide bonds. The molecule has 0 radical (unpaired) electrons. The second-order valence-electron chi connectivity index (χ2n) is 6.70. The van der Waals surface area contributed by atoms with E-state index in [0.29, 0.717) is 5.56 Å². The van der Waals surface area contributed by atoms with Crippen LogP contribution in [0.5, 0.6) is 11.5 Å². The van der Waals surface area contributed by atoms with Crippen LogP contribution >= 0.6 is 0 Å². The summed E-state index contributed by atoms with van der Waals surface area (Å²) < 4.78 is 5.22. The number of hydrogen-bond acceptors (Lipinski definition) is 7. The largest absolute Gasteiger partial charge is 0.508 e. The molecule has 2 aliphatic carbocycles. The number of rotatable bonds is 1. The van der Waals surface area contributed by atoms with Crippen LogP contribution in [0.15, 0.2) is 36.4 Å². The second kappa shape index (κ2) is 5.12. The Kier molecular flexibility index (Phi) is 3.02. The maximum atomic E-state index is 12.8. The molecule has 7 heteroatoms. The van der Waals surface area contributed by atoms with Gasteiger partial charge in [-0.3, -0.25) is 14.4 Å². The molecule has 3 N–H and O–H groups in total. The lowest BCUT2D eigenvalue weighted by Crippen LogP contribution is -2.27. The van der Waals surface area contributed by atoms with Crippen molar-refractivity contribution in [2.75, 3.05) is 0 Å². The maximum Gasteiger partial charge on any atom is 0.237 e. The molecule has 3 atom stereocenters. The number of carbonyl (C=O) groups excluding carboxylic acids is 3. The zero-order valence-electron chi connectivity index (χ0n) is 13.7. The lowest BCUT2D eigenvalue weighted by molar-refractivity contribution is -0.111. The van der Waals surface area contributed by atoms with Crippen LogP contribution in [0.2, 0.25) is 0 Å². The number of ketones is 3. The number of hydrogen-bond donors (Lipinski definition) is 3. The van der Waals surface area contributed by atoms with Gasteiger partial charge in [0, 0.05) is 11.1 Å². The van der Waals surface area contributed by atoms with Gasteiger partial charge in [0.05, 0.1) is 5.56 Å². The van der Waals surface area contributed by atoms with Crippen molar-refractivity contribution in [3.05, 3.63) is 64.2 Å². The number of phenolic OH excluding ortho intramolecular Hbond substituents is 2. The highest BCUT2D eigenvalue weighted by Gasteiger charge is 2.56. The van der Waals surface area contributed by atoms with Crippen molar-refractivity contribution in [1.29, 1.82) is 0 Å². The fourth-order valence-electron chi connectivity index (χ4n) is 3.90. The van der Waals surface area contributed by atoms with E-state index in [-0.39, 0.29) is 39.3 Å². The summed E-state index contributed by atoms with van der Waals surface area (Å²) in [7, 11) is 0. The van der Waals surface area contributed by atoms with Gasteiger partial charge in [-0.15, -0.1) is 0 Å². The number of epoxide rings is 1. The predicted octanol–water partition coefficient (Wildman–Crippen LogP) is 1.29. The first-order valence-electron chi connectivity index (χ1n) is 8.27. The summed E-state index contributed by atoms with van der Waals surface area (Å²) in [4.78, 5) is 37.2. The van der Waals surface area contributed by atoms with Gasteiger partial charge in [-0.1, -0.05) is 12.1 Å². The van der Waals surface area contributed by atoms with Gasteiger partial charge in [0.15, 0.2) is 11.9 Å². The number of fused-ring (bicyclic) bond motifs is 3. The Bertz CT molecular complexity index is 1110. The molecule has 0 bridgehead atoms. The zero-order valence-corrected chi connectivity index (χ0v) is 13.7. The Morgan fingerprint density at radius 1 is 0.889 bits per heavy atom. The quantitative estimate of drug-likeness (QED) is 0.514. The molecule has 1 heterocycles.